The number of benzene rings is 1. The zero-order valence-corrected chi connectivity index (χ0v) is 13.2. The lowest BCUT2D eigenvalue weighted by Gasteiger charge is -2.18. The fourth-order valence-electron chi connectivity index (χ4n) is 2.67. The Kier molecular flexibility index (Phi) is 5.55. The van der Waals surface area contributed by atoms with Crippen LogP contribution in [0.15, 0.2) is 24.3 Å². The molecule has 0 bridgehead atoms. The van der Waals surface area contributed by atoms with Crippen molar-refractivity contribution in [1.82, 2.24) is 5.32 Å². The number of amides is 2. The molecule has 2 amide bonds. The second-order valence-corrected chi connectivity index (χ2v) is 5.85. The van der Waals surface area contributed by atoms with Crippen LogP contribution >= 0.6 is 0 Å². The van der Waals surface area contributed by atoms with Gasteiger partial charge < -0.3 is 15.3 Å². The molecule has 1 aliphatic heterocycles. The van der Waals surface area contributed by atoms with Crippen LogP contribution in [0.5, 0.6) is 0 Å². The van der Waals surface area contributed by atoms with Gasteiger partial charge in [-0.25, -0.2) is 0 Å². The highest BCUT2D eigenvalue weighted by atomic mass is 16.3. The molecular weight excluding hydrogens is 280 g/mol. The summed E-state index contributed by atoms with van der Waals surface area (Å²) < 4.78 is 0. The van der Waals surface area contributed by atoms with Crippen LogP contribution in [0.25, 0.3) is 0 Å². The van der Waals surface area contributed by atoms with Crippen LogP contribution in [-0.4, -0.2) is 36.1 Å². The molecule has 1 unspecified atom stereocenters. The van der Waals surface area contributed by atoms with Gasteiger partial charge in [-0.15, -0.1) is 0 Å². The number of nitrogens with one attached hydrogen (secondary N) is 1. The van der Waals surface area contributed by atoms with Gasteiger partial charge >= 0.3 is 0 Å². The van der Waals surface area contributed by atoms with Gasteiger partial charge in [0, 0.05) is 31.3 Å². The van der Waals surface area contributed by atoms with E-state index >= 15 is 0 Å². The van der Waals surface area contributed by atoms with Gasteiger partial charge in [-0.2, -0.15) is 0 Å². The van der Waals surface area contributed by atoms with E-state index in [1.807, 2.05) is 31.2 Å². The van der Waals surface area contributed by atoms with Crippen molar-refractivity contribution in [3.63, 3.8) is 0 Å². The van der Waals surface area contributed by atoms with E-state index in [1.165, 1.54) is 5.56 Å². The molecule has 120 valence electrons. The SMILES string of the molecule is CCc1ccc(N2CC(C(=O)N[C@H](C)CCO)CC2=O)cc1. The van der Waals surface area contributed by atoms with E-state index in [0.29, 0.717) is 13.0 Å². The highest BCUT2D eigenvalue weighted by molar-refractivity contribution is 6.00. The highest BCUT2D eigenvalue weighted by Gasteiger charge is 2.35. The molecule has 0 saturated carbocycles. The third-order valence-electron chi connectivity index (χ3n) is 4.10. The van der Waals surface area contributed by atoms with E-state index in [0.717, 1.165) is 12.1 Å². The summed E-state index contributed by atoms with van der Waals surface area (Å²) in [4.78, 5) is 26.0. The normalized spacial score (nSPS) is 19.3. The summed E-state index contributed by atoms with van der Waals surface area (Å²) in [7, 11) is 0. The Morgan fingerprint density at radius 2 is 2.09 bits per heavy atom. The first kappa shape index (κ1) is 16.5. The molecule has 1 saturated heterocycles. The second-order valence-electron chi connectivity index (χ2n) is 5.85. The summed E-state index contributed by atoms with van der Waals surface area (Å²) in [5, 5.41) is 11.7. The van der Waals surface area contributed by atoms with Crippen molar-refractivity contribution in [1.29, 1.82) is 0 Å². The van der Waals surface area contributed by atoms with Crippen LogP contribution in [0.2, 0.25) is 0 Å². The quantitative estimate of drug-likeness (QED) is 0.836. The Labute approximate surface area is 131 Å². The number of nitrogens with zero attached hydrogens (tertiary/aromatic N) is 1. The van der Waals surface area contributed by atoms with Crippen molar-refractivity contribution in [2.45, 2.75) is 39.2 Å². The summed E-state index contributed by atoms with van der Waals surface area (Å²) in [5.74, 6) is -0.444. The molecule has 5 heteroatoms. The van der Waals surface area contributed by atoms with E-state index in [2.05, 4.69) is 12.2 Å². The van der Waals surface area contributed by atoms with Crippen molar-refractivity contribution in [3.8, 4) is 0 Å². The van der Waals surface area contributed by atoms with Gasteiger partial charge in [0.15, 0.2) is 0 Å². The lowest BCUT2D eigenvalue weighted by atomic mass is 10.1. The van der Waals surface area contributed by atoms with E-state index in [4.69, 9.17) is 5.11 Å². The standard InChI is InChI=1S/C17H24N2O3/c1-3-13-4-6-15(7-5-13)19-11-14(10-16(19)21)17(22)18-12(2)8-9-20/h4-7,12,14,20H,3,8-11H2,1-2H3,(H,18,22)/t12-,14?/m1/s1. The van der Waals surface area contributed by atoms with E-state index in [1.54, 1.807) is 4.90 Å². The molecule has 0 aliphatic carbocycles. The summed E-state index contributed by atoms with van der Waals surface area (Å²) >= 11 is 0. The van der Waals surface area contributed by atoms with E-state index in [-0.39, 0.29) is 36.8 Å². The average Bonchev–Trinajstić information content (AvgIpc) is 2.89. The molecule has 0 spiro atoms. The predicted molar refractivity (Wildman–Crippen MR) is 85.6 cm³/mol. The Morgan fingerprint density at radius 3 is 2.68 bits per heavy atom. The van der Waals surface area contributed by atoms with Crippen molar-refractivity contribution in [2.75, 3.05) is 18.1 Å². The molecule has 0 radical (unpaired) electrons. The molecular formula is C17H24N2O3. The molecule has 1 aromatic rings. The molecule has 1 aromatic carbocycles. The van der Waals surface area contributed by atoms with Crippen LogP contribution in [0.1, 0.15) is 32.3 Å². The number of anilines is 1. The second kappa shape index (κ2) is 7.40. The first-order chi connectivity index (χ1) is 10.5. The van der Waals surface area contributed by atoms with Gasteiger partial charge in [0.2, 0.25) is 11.8 Å². The van der Waals surface area contributed by atoms with Gasteiger partial charge in [-0.1, -0.05) is 19.1 Å². The van der Waals surface area contributed by atoms with Crippen LogP contribution in [-0.2, 0) is 16.0 Å². The summed E-state index contributed by atoms with van der Waals surface area (Å²) in [6.45, 7) is 4.40. The Bertz CT molecular complexity index is 527. The van der Waals surface area contributed by atoms with Crippen LogP contribution in [0.3, 0.4) is 0 Å². The summed E-state index contributed by atoms with van der Waals surface area (Å²) in [6.07, 6.45) is 1.73. The predicted octanol–water partition coefficient (Wildman–Crippen LogP) is 1.49. The third kappa shape index (κ3) is 3.85. The molecule has 22 heavy (non-hydrogen) atoms. The first-order valence-electron chi connectivity index (χ1n) is 7.85. The average molecular weight is 304 g/mol. The Hall–Kier alpha value is -1.88. The molecule has 1 aliphatic rings. The largest absolute Gasteiger partial charge is 0.396 e. The number of carbonyl (C=O) groups is 2. The number of hydrogen-bond acceptors (Lipinski definition) is 3. The van der Waals surface area contributed by atoms with E-state index < -0.39 is 0 Å². The molecule has 1 fully saturated rings. The van der Waals surface area contributed by atoms with Crippen molar-refractivity contribution >= 4 is 17.5 Å². The molecule has 2 rings (SSSR count). The number of rotatable bonds is 6. The van der Waals surface area contributed by atoms with Gasteiger partial charge in [0.1, 0.15) is 0 Å². The molecule has 2 N–H and O–H groups in total. The fourth-order valence-corrected chi connectivity index (χ4v) is 2.67. The summed E-state index contributed by atoms with van der Waals surface area (Å²) in [6, 6.07) is 7.82. The lowest BCUT2D eigenvalue weighted by Crippen LogP contribution is -2.38. The number of aliphatic hydroxyl groups is 1. The van der Waals surface area contributed by atoms with E-state index in [9.17, 15) is 9.59 Å². The minimum absolute atomic E-state index is 0.0146. The smallest absolute Gasteiger partial charge is 0.227 e. The number of aliphatic hydroxyl groups excluding tert-OH is 1. The van der Waals surface area contributed by atoms with Gasteiger partial charge in [-0.3, -0.25) is 9.59 Å². The van der Waals surface area contributed by atoms with Gasteiger partial charge in [-0.05, 0) is 37.5 Å². The molecule has 0 aromatic heterocycles. The third-order valence-corrected chi connectivity index (χ3v) is 4.10. The van der Waals surface area contributed by atoms with Crippen LogP contribution < -0.4 is 10.2 Å². The number of hydrogen-bond donors (Lipinski definition) is 2. The van der Waals surface area contributed by atoms with Crippen molar-refractivity contribution < 1.29 is 14.7 Å². The maximum absolute atomic E-state index is 12.2. The molecule has 5 nitrogen and oxygen atoms in total. The maximum atomic E-state index is 12.2. The maximum Gasteiger partial charge on any atom is 0.227 e. The first-order valence-corrected chi connectivity index (χ1v) is 7.85. The van der Waals surface area contributed by atoms with Crippen molar-refractivity contribution in [3.05, 3.63) is 29.8 Å². The Balaban J connectivity index is 1.99. The Morgan fingerprint density at radius 1 is 1.41 bits per heavy atom. The van der Waals surface area contributed by atoms with Gasteiger partial charge in [0.25, 0.3) is 0 Å². The fraction of sp³-hybridized carbons (Fsp3) is 0.529. The lowest BCUT2D eigenvalue weighted by molar-refractivity contribution is -0.126. The molecule has 2 atom stereocenters. The molecule has 1 heterocycles. The van der Waals surface area contributed by atoms with Crippen LogP contribution in [0.4, 0.5) is 5.69 Å². The minimum Gasteiger partial charge on any atom is -0.396 e. The number of carbonyl (C=O) groups excluding carboxylic acids is 2. The van der Waals surface area contributed by atoms with Crippen molar-refractivity contribution in [2.24, 2.45) is 5.92 Å². The zero-order valence-electron chi connectivity index (χ0n) is 13.2. The zero-order chi connectivity index (χ0) is 16.1. The summed E-state index contributed by atoms with van der Waals surface area (Å²) in [5.41, 5.74) is 2.07. The minimum atomic E-state index is -0.320. The number of aryl methyl sites for hydroxylation is 1. The van der Waals surface area contributed by atoms with Gasteiger partial charge in [0.05, 0.1) is 5.92 Å². The monoisotopic (exact) mass is 304 g/mol. The highest BCUT2D eigenvalue weighted by Crippen LogP contribution is 2.25. The topological polar surface area (TPSA) is 69.6 Å². The van der Waals surface area contributed by atoms with Crippen LogP contribution in [0, 0.1) is 5.92 Å².